The van der Waals surface area contributed by atoms with Crippen LogP contribution in [-0.4, -0.2) is 68.6 Å². The van der Waals surface area contributed by atoms with Crippen molar-refractivity contribution in [2.75, 3.05) is 11.5 Å². The Hall–Kier alpha value is -3.25. The second kappa shape index (κ2) is 12.3. The Balaban J connectivity index is 1.33. The van der Waals surface area contributed by atoms with E-state index in [1.54, 1.807) is 4.90 Å². The van der Waals surface area contributed by atoms with Gasteiger partial charge in [0.2, 0.25) is 5.91 Å². The molecule has 41 heavy (non-hydrogen) atoms. The van der Waals surface area contributed by atoms with Crippen LogP contribution in [0.4, 0.5) is 14.5 Å². The summed E-state index contributed by atoms with van der Waals surface area (Å²) in [7, 11) is 0. The number of amides is 1. The Bertz CT molecular complexity index is 1320. The molecule has 3 aromatic carbocycles. The summed E-state index contributed by atoms with van der Waals surface area (Å²) in [6.07, 6.45) is -6.08. The van der Waals surface area contributed by atoms with Crippen molar-refractivity contribution in [2.45, 2.75) is 61.9 Å². The summed E-state index contributed by atoms with van der Waals surface area (Å²) < 4.78 is 32.5. The third-order valence-corrected chi connectivity index (χ3v) is 8.07. The van der Waals surface area contributed by atoms with Crippen LogP contribution in [0.1, 0.15) is 41.7 Å². The fraction of sp³-hybridized carbons (Fsp3) is 0.387. The molecule has 218 valence electrons. The predicted molar refractivity (Wildman–Crippen MR) is 145 cm³/mol. The van der Waals surface area contributed by atoms with Gasteiger partial charge >= 0.3 is 0 Å². The highest BCUT2D eigenvalue weighted by molar-refractivity contribution is 6.03. The van der Waals surface area contributed by atoms with Crippen LogP contribution in [0.25, 0.3) is 0 Å². The van der Waals surface area contributed by atoms with Crippen molar-refractivity contribution in [3.63, 3.8) is 0 Å². The fourth-order valence-corrected chi connectivity index (χ4v) is 5.72. The van der Waals surface area contributed by atoms with Crippen LogP contribution in [0.2, 0.25) is 0 Å². The van der Waals surface area contributed by atoms with Crippen molar-refractivity contribution >= 4 is 11.6 Å². The standard InChI is InChI=1S/C31H33F2NO7/c32-20-7-5-18(6-8-20)24(36)14-13-23-27(34(31(23)40)22-11-9-21(33)10-12-22)19-3-1-17(2-4-19)15-25-28(37)30(39)29(38)26(16-35)41-25/h1-12,23-30,35-39H,13-16H2/t23-,24+,25+,26-,27-,28-,29-,30-/m1/s1. The first kappa shape index (κ1) is 29.2. The summed E-state index contributed by atoms with van der Waals surface area (Å²) in [5.41, 5.74) is 2.68. The quantitative estimate of drug-likeness (QED) is 0.251. The SMILES string of the molecule is O=C1[C@H](CC[C@H](O)c2ccc(F)cc2)[C@@H](c2ccc(C[C@@H]3O[C@H](CO)[C@@H](O)[C@H](O)[C@@H]3O)cc2)N1c1ccc(F)cc1. The van der Waals surface area contributed by atoms with Gasteiger partial charge in [-0.2, -0.15) is 0 Å². The van der Waals surface area contributed by atoms with Gasteiger partial charge < -0.3 is 35.2 Å². The number of rotatable bonds is 9. The van der Waals surface area contributed by atoms with Crippen LogP contribution in [0, 0.1) is 17.6 Å². The lowest BCUT2D eigenvalue weighted by molar-refractivity contribution is -0.228. The fourth-order valence-electron chi connectivity index (χ4n) is 5.72. The first-order valence-corrected chi connectivity index (χ1v) is 13.6. The zero-order chi connectivity index (χ0) is 29.3. The molecule has 0 aliphatic carbocycles. The maximum atomic E-state index is 13.6. The summed E-state index contributed by atoms with van der Waals surface area (Å²) >= 11 is 0. The van der Waals surface area contributed by atoms with Crippen LogP contribution >= 0.6 is 0 Å². The zero-order valence-corrected chi connectivity index (χ0v) is 22.1. The molecule has 10 heteroatoms. The molecule has 2 fully saturated rings. The number of anilines is 1. The lowest BCUT2D eigenvalue weighted by Gasteiger charge is -2.48. The number of carbonyl (C=O) groups is 1. The van der Waals surface area contributed by atoms with Crippen molar-refractivity contribution in [3.8, 4) is 0 Å². The predicted octanol–water partition coefficient (Wildman–Crippen LogP) is 2.57. The molecule has 2 aliphatic rings. The van der Waals surface area contributed by atoms with Gasteiger partial charge in [0, 0.05) is 12.1 Å². The molecule has 2 aliphatic heterocycles. The number of aliphatic hydroxyl groups excluding tert-OH is 5. The lowest BCUT2D eigenvalue weighted by Crippen LogP contribution is -2.59. The summed E-state index contributed by atoms with van der Waals surface area (Å²) in [6, 6.07) is 18.2. The van der Waals surface area contributed by atoms with Crippen molar-refractivity contribution in [3.05, 3.63) is 101 Å². The monoisotopic (exact) mass is 569 g/mol. The van der Waals surface area contributed by atoms with Gasteiger partial charge in [0.05, 0.1) is 30.8 Å². The van der Waals surface area contributed by atoms with E-state index in [1.165, 1.54) is 48.5 Å². The number of aliphatic hydroxyl groups is 5. The summed E-state index contributed by atoms with van der Waals surface area (Å²) in [6.45, 7) is -0.507. The third kappa shape index (κ3) is 6.04. The molecule has 0 unspecified atom stereocenters. The average Bonchev–Trinajstić information content (AvgIpc) is 2.98. The first-order valence-electron chi connectivity index (χ1n) is 13.6. The van der Waals surface area contributed by atoms with Crippen molar-refractivity contribution in [2.24, 2.45) is 5.92 Å². The van der Waals surface area contributed by atoms with Gasteiger partial charge in [0.15, 0.2) is 0 Å². The van der Waals surface area contributed by atoms with E-state index < -0.39 is 60.8 Å². The van der Waals surface area contributed by atoms with Crippen LogP contribution in [0.3, 0.4) is 0 Å². The van der Waals surface area contributed by atoms with E-state index in [-0.39, 0.29) is 24.8 Å². The van der Waals surface area contributed by atoms with Crippen LogP contribution in [0.5, 0.6) is 0 Å². The average molecular weight is 570 g/mol. The Morgan fingerprint density at radius 3 is 2.00 bits per heavy atom. The number of carbonyl (C=O) groups excluding carboxylic acids is 1. The van der Waals surface area contributed by atoms with E-state index in [0.717, 1.165) is 11.1 Å². The molecule has 5 N–H and O–H groups in total. The highest BCUT2D eigenvalue weighted by atomic mass is 19.1. The molecule has 0 saturated carbocycles. The largest absolute Gasteiger partial charge is 0.394 e. The van der Waals surface area contributed by atoms with E-state index >= 15 is 0 Å². The molecular formula is C31H33F2NO7. The summed E-state index contributed by atoms with van der Waals surface area (Å²) in [4.78, 5) is 14.9. The smallest absolute Gasteiger partial charge is 0.233 e. The second-order valence-electron chi connectivity index (χ2n) is 10.7. The van der Waals surface area contributed by atoms with E-state index in [2.05, 4.69) is 0 Å². The number of β-lactam (4-membered cyclic amide) rings is 1. The van der Waals surface area contributed by atoms with Crippen molar-refractivity contribution in [1.82, 2.24) is 0 Å². The normalized spacial score (nSPS) is 28.8. The summed E-state index contributed by atoms with van der Waals surface area (Å²) in [5, 5.41) is 50.6. The van der Waals surface area contributed by atoms with Crippen LogP contribution in [0.15, 0.2) is 72.8 Å². The summed E-state index contributed by atoms with van der Waals surface area (Å²) in [5.74, 6) is -1.43. The molecule has 2 heterocycles. The minimum atomic E-state index is -1.46. The highest BCUT2D eigenvalue weighted by Crippen LogP contribution is 2.46. The number of nitrogens with zero attached hydrogens (tertiary/aromatic N) is 1. The van der Waals surface area contributed by atoms with E-state index in [4.69, 9.17) is 4.74 Å². The Morgan fingerprint density at radius 2 is 1.39 bits per heavy atom. The van der Waals surface area contributed by atoms with Gasteiger partial charge in [-0.15, -0.1) is 0 Å². The zero-order valence-electron chi connectivity index (χ0n) is 22.1. The lowest BCUT2D eigenvalue weighted by atomic mass is 9.78. The van der Waals surface area contributed by atoms with Gasteiger partial charge in [-0.25, -0.2) is 8.78 Å². The third-order valence-electron chi connectivity index (χ3n) is 8.07. The van der Waals surface area contributed by atoms with Crippen LogP contribution in [-0.2, 0) is 16.0 Å². The Morgan fingerprint density at radius 1 is 0.805 bits per heavy atom. The molecule has 8 nitrogen and oxygen atoms in total. The highest BCUT2D eigenvalue weighted by Gasteiger charge is 2.48. The molecular weight excluding hydrogens is 536 g/mol. The molecule has 2 saturated heterocycles. The molecule has 0 radical (unpaired) electrons. The molecule has 8 atom stereocenters. The molecule has 3 aromatic rings. The van der Waals surface area contributed by atoms with Gasteiger partial charge in [-0.05, 0) is 65.9 Å². The number of hydrogen-bond donors (Lipinski definition) is 5. The number of benzene rings is 3. The topological polar surface area (TPSA) is 131 Å². The molecule has 0 bridgehead atoms. The number of halogens is 2. The maximum absolute atomic E-state index is 13.6. The Kier molecular flexibility index (Phi) is 8.79. The Labute approximate surface area is 236 Å². The molecule has 1 amide bonds. The van der Waals surface area contributed by atoms with Gasteiger partial charge in [-0.1, -0.05) is 36.4 Å². The number of hydrogen-bond acceptors (Lipinski definition) is 7. The van der Waals surface area contributed by atoms with Crippen molar-refractivity contribution < 1.29 is 43.8 Å². The maximum Gasteiger partial charge on any atom is 0.233 e. The van der Waals surface area contributed by atoms with Gasteiger partial charge in [0.25, 0.3) is 0 Å². The minimum Gasteiger partial charge on any atom is -0.394 e. The number of ether oxygens (including phenoxy) is 1. The van der Waals surface area contributed by atoms with Gasteiger partial charge in [-0.3, -0.25) is 4.79 Å². The van der Waals surface area contributed by atoms with E-state index in [9.17, 15) is 39.1 Å². The minimum absolute atomic E-state index is 0.154. The molecule has 5 rings (SSSR count). The van der Waals surface area contributed by atoms with Crippen molar-refractivity contribution in [1.29, 1.82) is 0 Å². The van der Waals surface area contributed by atoms with Gasteiger partial charge in [0.1, 0.15) is 36.1 Å². The van der Waals surface area contributed by atoms with E-state index in [0.29, 0.717) is 17.7 Å². The van der Waals surface area contributed by atoms with Crippen LogP contribution < -0.4 is 4.90 Å². The van der Waals surface area contributed by atoms with E-state index in [1.807, 2.05) is 24.3 Å². The second-order valence-corrected chi connectivity index (χ2v) is 10.7. The molecule has 0 spiro atoms. The molecule has 0 aromatic heterocycles. The first-order chi connectivity index (χ1) is 19.7.